The number of benzene rings is 1. The Bertz CT molecular complexity index is 649. The van der Waals surface area contributed by atoms with Crippen molar-refractivity contribution >= 4 is 22.7 Å². The average Bonchev–Trinajstić information content (AvgIpc) is 2.78. The minimum atomic E-state index is -0.302. The molecule has 0 aliphatic carbocycles. The summed E-state index contributed by atoms with van der Waals surface area (Å²) in [4.78, 5) is 16.6. The van der Waals surface area contributed by atoms with Gasteiger partial charge in [0.2, 0.25) is 0 Å². The molecule has 0 amide bonds. The van der Waals surface area contributed by atoms with Gasteiger partial charge in [-0.25, -0.2) is 4.98 Å². The Morgan fingerprint density at radius 2 is 2.14 bits per heavy atom. The van der Waals surface area contributed by atoms with Crippen LogP contribution >= 0.6 is 0 Å². The fraction of sp³-hybridized carbons (Fsp3) is 0.500. The topological polar surface area (TPSA) is 79.4 Å². The van der Waals surface area contributed by atoms with E-state index in [2.05, 4.69) is 18.8 Å². The summed E-state index contributed by atoms with van der Waals surface area (Å²) in [6, 6.07) is 5.60. The summed E-state index contributed by atoms with van der Waals surface area (Å²) in [5, 5.41) is 0. The normalized spacial score (nSPS) is 11.3. The van der Waals surface area contributed by atoms with E-state index in [1.165, 1.54) is 0 Å². The Morgan fingerprint density at radius 1 is 1.36 bits per heavy atom. The number of ether oxygens (including phenoxy) is 2. The maximum atomic E-state index is 12.0. The van der Waals surface area contributed by atoms with Crippen molar-refractivity contribution in [3.63, 3.8) is 0 Å². The lowest BCUT2D eigenvalue weighted by atomic mass is 10.1. The van der Waals surface area contributed by atoms with Crippen LogP contribution in [0.25, 0.3) is 11.0 Å². The van der Waals surface area contributed by atoms with Crippen LogP contribution in [0.1, 0.15) is 19.7 Å². The number of para-hydroxylation sites is 1. The van der Waals surface area contributed by atoms with Crippen molar-refractivity contribution in [1.29, 1.82) is 0 Å². The first-order chi connectivity index (χ1) is 10.5. The zero-order valence-electron chi connectivity index (χ0n) is 13.3. The number of hydrogen-bond acceptors (Lipinski definition) is 5. The number of aromatic nitrogens is 2. The molecule has 1 aromatic heterocycles. The van der Waals surface area contributed by atoms with Crippen molar-refractivity contribution < 1.29 is 14.3 Å². The number of hydrogen-bond donors (Lipinski definition) is 1. The van der Waals surface area contributed by atoms with E-state index >= 15 is 0 Å². The van der Waals surface area contributed by atoms with E-state index < -0.39 is 0 Å². The molecule has 0 aliphatic rings. The molecule has 0 atom stereocenters. The van der Waals surface area contributed by atoms with Gasteiger partial charge in [-0.05, 0) is 18.1 Å². The second-order valence-corrected chi connectivity index (χ2v) is 5.64. The lowest BCUT2D eigenvalue weighted by Gasteiger charge is -2.10. The molecule has 0 radical (unpaired) electrons. The van der Waals surface area contributed by atoms with Crippen LogP contribution in [-0.4, -0.2) is 35.8 Å². The monoisotopic (exact) mass is 305 g/mol. The Morgan fingerprint density at radius 3 is 2.82 bits per heavy atom. The van der Waals surface area contributed by atoms with E-state index in [1.54, 1.807) is 7.11 Å². The SMILES string of the molecule is COCCOC(=O)Cn1c(CC(C)C)nc2c(N)cccc21. The van der Waals surface area contributed by atoms with Crippen molar-refractivity contribution in [1.82, 2.24) is 9.55 Å². The molecule has 0 bridgehead atoms. The van der Waals surface area contributed by atoms with Gasteiger partial charge in [0.15, 0.2) is 0 Å². The average molecular weight is 305 g/mol. The summed E-state index contributed by atoms with van der Waals surface area (Å²) in [5.41, 5.74) is 8.21. The molecule has 0 aliphatic heterocycles. The van der Waals surface area contributed by atoms with E-state index in [1.807, 2.05) is 22.8 Å². The first-order valence-electron chi connectivity index (χ1n) is 7.41. The predicted octanol–water partition coefficient (Wildman–Crippen LogP) is 2.01. The van der Waals surface area contributed by atoms with E-state index in [-0.39, 0.29) is 19.1 Å². The first kappa shape index (κ1) is 16.3. The maximum absolute atomic E-state index is 12.0. The molecule has 6 nitrogen and oxygen atoms in total. The Balaban J connectivity index is 2.29. The van der Waals surface area contributed by atoms with Gasteiger partial charge in [-0.3, -0.25) is 4.79 Å². The van der Waals surface area contributed by atoms with Crippen molar-refractivity contribution in [3.8, 4) is 0 Å². The minimum Gasteiger partial charge on any atom is -0.462 e. The molecule has 22 heavy (non-hydrogen) atoms. The lowest BCUT2D eigenvalue weighted by molar-refractivity contribution is -0.145. The van der Waals surface area contributed by atoms with Crippen LogP contribution in [-0.2, 0) is 27.2 Å². The van der Waals surface area contributed by atoms with Crippen LogP contribution < -0.4 is 5.73 Å². The molecule has 1 heterocycles. The van der Waals surface area contributed by atoms with Crippen molar-refractivity contribution in [2.75, 3.05) is 26.1 Å². The van der Waals surface area contributed by atoms with Gasteiger partial charge >= 0.3 is 5.97 Å². The molecule has 0 saturated heterocycles. The summed E-state index contributed by atoms with van der Waals surface area (Å²) in [5.74, 6) is 0.983. The highest BCUT2D eigenvalue weighted by Gasteiger charge is 2.16. The van der Waals surface area contributed by atoms with Gasteiger partial charge in [0.25, 0.3) is 0 Å². The predicted molar refractivity (Wildman–Crippen MR) is 85.5 cm³/mol. The summed E-state index contributed by atoms with van der Waals surface area (Å²) in [6.07, 6.45) is 0.777. The number of nitrogens with two attached hydrogens (primary N) is 1. The van der Waals surface area contributed by atoms with Crippen molar-refractivity contribution in [2.45, 2.75) is 26.8 Å². The second-order valence-electron chi connectivity index (χ2n) is 5.64. The molecule has 1 aromatic carbocycles. The summed E-state index contributed by atoms with van der Waals surface area (Å²) < 4.78 is 11.9. The number of methoxy groups -OCH3 is 1. The molecule has 0 saturated carbocycles. The highest BCUT2D eigenvalue weighted by Crippen LogP contribution is 2.23. The fourth-order valence-corrected chi connectivity index (χ4v) is 2.33. The number of nitrogen functional groups attached to an aromatic ring is 1. The molecule has 0 unspecified atom stereocenters. The van der Waals surface area contributed by atoms with Crippen LogP contribution in [0.2, 0.25) is 0 Å². The summed E-state index contributed by atoms with van der Waals surface area (Å²) in [6.45, 7) is 5.01. The highest BCUT2D eigenvalue weighted by molar-refractivity contribution is 5.88. The third-order valence-corrected chi connectivity index (χ3v) is 3.32. The third-order valence-electron chi connectivity index (χ3n) is 3.32. The van der Waals surface area contributed by atoms with Crippen molar-refractivity contribution in [2.24, 2.45) is 5.92 Å². The zero-order valence-corrected chi connectivity index (χ0v) is 13.3. The lowest BCUT2D eigenvalue weighted by Crippen LogP contribution is -2.18. The number of carbonyl (C=O) groups is 1. The standard InChI is InChI=1S/C16H23N3O3/c1-11(2)9-14-18-16-12(17)5-4-6-13(16)19(14)10-15(20)22-8-7-21-3/h4-6,11H,7-10,17H2,1-3H3. The van der Waals surface area contributed by atoms with Gasteiger partial charge in [-0.2, -0.15) is 0 Å². The number of rotatable bonds is 7. The van der Waals surface area contributed by atoms with Gasteiger partial charge in [-0.1, -0.05) is 19.9 Å². The van der Waals surface area contributed by atoms with Crippen LogP contribution in [0.3, 0.4) is 0 Å². The zero-order chi connectivity index (χ0) is 16.1. The first-order valence-corrected chi connectivity index (χ1v) is 7.41. The number of anilines is 1. The molecule has 0 fully saturated rings. The van der Waals surface area contributed by atoms with Crippen LogP contribution in [0.5, 0.6) is 0 Å². The molecule has 6 heteroatoms. The highest BCUT2D eigenvalue weighted by atomic mass is 16.6. The largest absolute Gasteiger partial charge is 0.462 e. The van der Waals surface area contributed by atoms with Crippen molar-refractivity contribution in [3.05, 3.63) is 24.0 Å². The fourth-order valence-electron chi connectivity index (χ4n) is 2.33. The number of fused-ring (bicyclic) bond motifs is 1. The van der Waals surface area contributed by atoms with E-state index in [0.717, 1.165) is 23.3 Å². The van der Waals surface area contributed by atoms with E-state index in [9.17, 15) is 4.79 Å². The number of esters is 1. The van der Waals surface area contributed by atoms with E-state index in [0.29, 0.717) is 18.2 Å². The molecular weight excluding hydrogens is 282 g/mol. The van der Waals surface area contributed by atoms with Gasteiger partial charge in [-0.15, -0.1) is 0 Å². The second kappa shape index (κ2) is 7.26. The molecule has 2 aromatic rings. The molecule has 0 spiro atoms. The smallest absolute Gasteiger partial charge is 0.326 e. The minimum absolute atomic E-state index is 0.131. The Kier molecular flexibility index (Phi) is 5.38. The maximum Gasteiger partial charge on any atom is 0.326 e. The van der Waals surface area contributed by atoms with Gasteiger partial charge < -0.3 is 19.8 Å². The number of carbonyl (C=O) groups excluding carboxylic acids is 1. The molecule has 2 rings (SSSR count). The van der Waals surface area contributed by atoms with Gasteiger partial charge in [0.1, 0.15) is 24.5 Å². The van der Waals surface area contributed by atoms with Gasteiger partial charge in [0.05, 0.1) is 17.8 Å². The van der Waals surface area contributed by atoms with Gasteiger partial charge in [0, 0.05) is 13.5 Å². The molecular formula is C16H23N3O3. The summed E-state index contributed by atoms with van der Waals surface area (Å²) in [7, 11) is 1.57. The quantitative estimate of drug-likeness (QED) is 0.481. The Hall–Kier alpha value is -2.08. The third kappa shape index (κ3) is 3.76. The number of imidazole rings is 1. The number of nitrogens with zero attached hydrogens (tertiary/aromatic N) is 2. The van der Waals surface area contributed by atoms with Crippen LogP contribution in [0.4, 0.5) is 5.69 Å². The van der Waals surface area contributed by atoms with Crippen LogP contribution in [0.15, 0.2) is 18.2 Å². The molecule has 120 valence electrons. The summed E-state index contributed by atoms with van der Waals surface area (Å²) >= 11 is 0. The van der Waals surface area contributed by atoms with Crippen LogP contribution in [0, 0.1) is 5.92 Å². The van der Waals surface area contributed by atoms with E-state index in [4.69, 9.17) is 15.2 Å². The molecule has 2 N–H and O–H groups in total. The Labute approximate surface area is 130 Å².